The Hall–Kier alpha value is -3.09. The molecule has 168 valence electrons. The number of halogens is 1. The van der Waals surface area contributed by atoms with E-state index in [9.17, 15) is 14.0 Å². The van der Waals surface area contributed by atoms with Crippen molar-refractivity contribution in [3.05, 3.63) is 59.9 Å². The van der Waals surface area contributed by atoms with E-state index in [4.69, 9.17) is 9.47 Å². The Morgan fingerprint density at radius 3 is 2.26 bits per heavy atom. The van der Waals surface area contributed by atoms with E-state index >= 15 is 0 Å². The van der Waals surface area contributed by atoms with Gasteiger partial charge in [0, 0.05) is 12.6 Å². The fourth-order valence-electron chi connectivity index (χ4n) is 3.11. The smallest absolute Gasteiger partial charge is 0.261 e. The second-order valence-electron chi connectivity index (χ2n) is 7.33. The van der Waals surface area contributed by atoms with Crippen LogP contribution in [0.4, 0.5) is 4.39 Å². The first-order chi connectivity index (χ1) is 14.9. The fourth-order valence-corrected chi connectivity index (χ4v) is 3.11. The maximum Gasteiger partial charge on any atom is 0.261 e. The predicted octanol–water partition coefficient (Wildman–Crippen LogP) is 3.94. The lowest BCUT2D eigenvalue weighted by atomic mass is 10.1. The highest BCUT2D eigenvalue weighted by molar-refractivity contribution is 5.88. The Balaban J connectivity index is 2.23. The van der Waals surface area contributed by atoms with Gasteiger partial charge in [0.1, 0.15) is 11.9 Å². The maximum atomic E-state index is 13.3. The molecule has 0 heterocycles. The summed E-state index contributed by atoms with van der Waals surface area (Å²) >= 11 is 0. The van der Waals surface area contributed by atoms with Crippen LogP contribution < -0.4 is 14.8 Å². The molecule has 2 atom stereocenters. The quantitative estimate of drug-likeness (QED) is 0.586. The molecule has 0 radical (unpaired) electrons. The van der Waals surface area contributed by atoms with Gasteiger partial charge in [0.05, 0.1) is 7.11 Å². The van der Waals surface area contributed by atoms with Gasteiger partial charge in [0.25, 0.3) is 5.91 Å². The molecule has 0 fully saturated rings. The number of amides is 2. The van der Waals surface area contributed by atoms with Crippen LogP contribution in [0.25, 0.3) is 0 Å². The Bertz CT molecular complexity index is 857. The van der Waals surface area contributed by atoms with Crippen molar-refractivity contribution in [3.63, 3.8) is 0 Å². The third-order valence-corrected chi connectivity index (χ3v) is 5.07. The average molecular weight is 431 g/mol. The van der Waals surface area contributed by atoms with Crippen molar-refractivity contribution in [3.8, 4) is 11.5 Å². The molecule has 2 aromatic rings. The normalized spacial score (nSPS) is 12.5. The summed E-state index contributed by atoms with van der Waals surface area (Å²) < 4.78 is 24.3. The van der Waals surface area contributed by atoms with Crippen LogP contribution in [0.2, 0.25) is 0 Å². The first-order valence-electron chi connectivity index (χ1n) is 10.5. The Morgan fingerprint density at radius 2 is 1.68 bits per heavy atom. The lowest BCUT2D eigenvalue weighted by molar-refractivity contribution is -0.143. The molecular formula is C24H31FN2O4. The van der Waals surface area contributed by atoms with Crippen LogP contribution in [0.1, 0.15) is 39.2 Å². The molecule has 0 aromatic heterocycles. The summed E-state index contributed by atoms with van der Waals surface area (Å²) in [4.78, 5) is 27.5. The molecule has 0 saturated heterocycles. The molecule has 31 heavy (non-hydrogen) atoms. The third kappa shape index (κ3) is 6.98. The Kier molecular flexibility index (Phi) is 9.31. The Labute approximate surface area is 183 Å². The summed E-state index contributed by atoms with van der Waals surface area (Å²) in [5.41, 5.74) is 0.724. The van der Waals surface area contributed by atoms with Crippen LogP contribution >= 0.6 is 0 Å². The largest absolute Gasteiger partial charge is 0.493 e. The van der Waals surface area contributed by atoms with Crippen molar-refractivity contribution in [2.24, 2.45) is 0 Å². The number of carbonyl (C=O) groups is 2. The van der Waals surface area contributed by atoms with Gasteiger partial charge in [-0.15, -0.1) is 0 Å². The molecule has 2 rings (SSSR count). The zero-order valence-corrected chi connectivity index (χ0v) is 18.6. The molecule has 2 amide bonds. The molecule has 1 N–H and O–H groups in total. The lowest BCUT2D eigenvalue weighted by Gasteiger charge is -2.31. The highest BCUT2D eigenvalue weighted by Crippen LogP contribution is 2.26. The van der Waals surface area contributed by atoms with Crippen LogP contribution in [0.15, 0.2) is 48.5 Å². The second kappa shape index (κ2) is 11.9. The van der Waals surface area contributed by atoms with Gasteiger partial charge in [-0.1, -0.05) is 38.1 Å². The predicted molar refractivity (Wildman–Crippen MR) is 117 cm³/mol. The van der Waals surface area contributed by atoms with Crippen molar-refractivity contribution < 1.29 is 23.5 Å². The average Bonchev–Trinajstić information content (AvgIpc) is 2.78. The van der Waals surface area contributed by atoms with Crippen LogP contribution in [-0.2, 0) is 16.1 Å². The summed E-state index contributed by atoms with van der Waals surface area (Å²) in [6.07, 6.45) is 1.22. The minimum atomic E-state index is -0.673. The second-order valence-corrected chi connectivity index (χ2v) is 7.33. The molecule has 0 unspecified atom stereocenters. The van der Waals surface area contributed by atoms with E-state index < -0.39 is 6.04 Å². The number of benzene rings is 2. The van der Waals surface area contributed by atoms with E-state index in [0.29, 0.717) is 17.9 Å². The zero-order chi connectivity index (χ0) is 22.8. The molecular weight excluding hydrogens is 399 g/mol. The molecule has 2 aromatic carbocycles. The number of hydrogen-bond acceptors (Lipinski definition) is 4. The fraction of sp³-hybridized carbons (Fsp3) is 0.417. The van der Waals surface area contributed by atoms with Gasteiger partial charge in [-0.2, -0.15) is 0 Å². The highest BCUT2D eigenvalue weighted by Gasteiger charge is 2.29. The summed E-state index contributed by atoms with van der Waals surface area (Å²) in [6.45, 7) is 5.67. The van der Waals surface area contributed by atoms with Gasteiger partial charge in [0.2, 0.25) is 5.91 Å². The highest BCUT2D eigenvalue weighted by atomic mass is 19.1. The molecule has 0 bridgehead atoms. The van der Waals surface area contributed by atoms with Crippen molar-refractivity contribution in [1.29, 1.82) is 0 Å². The number of ether oxygens (including phenoxy) is 2. The molecule has 0 aliphatic heterocycles. The standard InChI is InChI=1S/C24H31FN2O4/c1-5-17(3)26-24(29)20(6-2)27(15-18-11-13-19(25)14-12-18)23(28)16-31-22-10-8-7-9-21(22)30-4/h7-14,17,20H,5-6,15-16H2,1-4H3,(H,26,29)/t17-,20-/m0/s1. The van der Waals surface area contributed by atoms with E-state index in [1.165, 1.54) is 24.1 Å². The number of nitrogens with one attached hydrogen (secondary N) is 1. The number of para-hydroxylation sites is 2. The molecule has 6 nitrogen and oxygen atoms in total. The third-order valence-electron chi connectivity index (χ3n) is 5.07. The van der Waals surface area contributed by atoms with Gasteiger partial charge in [-0.25, -0.2) is 4.39 Å². The maximum absolute atomic E-state index is 13.3. The number of nitrogens with zero attached hydrogens (tertiary/aromatic N) is 1. The van der Waals surface area contributed by atoms with Crippen molar-refractivity contribution in [1.82, 2.24) is 10.2 Å². The molecule has 0 aliphatic rings. The summed E-state index contributed by atoms with van der Waals surface area (Å²) in [7, 11) is 1.53. The van der Waals surface area contributed by atoms with E-state index in [0.717, 1.165) is 12.0 Å². The van der Waals surface area contributed by atoms with Gasteiger partial charge < -0.3 is 19.7 Å². The first-order valence-corrected chi connectivity index (χ1v) is 10.5. The lowest BCUT2D eigenvalue weighted by Crippen LogP contribution is -2.51. The topological polar surface area (TPSA) is 67.9 Å². The molecule has 0 spiro atoms. The van der Waals surface area contributed by atoms with E-state index in [-0.39, 0.29) is 36.8 Å². The van der Waals surface area contributed by atoms with Crippen LogP contribution in [-0.4, -0.2) is 42.5 Å². The van der Waals surface area contributed by atoms with Gasteiger partial charge >= 0.3 is 0 Å². The molecule has 7 heteroatoms. The molecule has 0 saturated carbocycles. The summed E-state index contributed by atoms with van der Waals surface area (Å²) in [5, 5.41) is 2.95. The number of rotatable bonds is 11. The molecule has 0 aliphatic carbocycles. The van der Waals surface area contributed by atoms with Crippen LogP contribution in [0.3, 0.4) is 0 Å². The SMILES string of the molecule is CC[C@H](C)NC(=O)[C@H](CC)N(Cc1ccc(F)cc1)C(=O)COc1ccccc1OC. The van der Waals surface area contributed by atoms with E-state index in [1.807, 2.05) is 20.8 Å². The zero-order valence-electron chi connectivity index (χ0n) is 18.6. The minimum absolute atomic E-state index is 0.00541. The number of carbonyl (C=O) groups excluding carboxylic acids is 2. The summed E-state index contributed by atoms with van der Waals surface area (Å²) in [5.74, 6) is 0.0350. The number of methoxy groups -OCH3 is 1. The van der Waals surface area contributed by atoms with Crippen molar-refractivity contribution >= 4 is 11.8 Å². The first kappa shape index (κ1) is 24.2. The van der Waals surface area contributed by atoms with E-state index in [2.05, 4.69) is 5.32 Å². The van der Waals surface area contributed by atoms with Gasteiger partial charge in [-0.3, -0.25) is 9.59 Å². The van der Waals surface area contributed by atoms with Gasteiger partial charge in [-0.05, 0) is 49.6 Å². The number of hydrogen-bond donors (Lipinski definition) is 1. The summed E-state index contributed by atoms with van der Waals surface area (Å²) in [6, 6.07) is 12.3. The Morgan fingerprint density at radius 1 is 1.03 bits per heavy atom. The van der Waals surface area contributed by atoms with Gasteiger partial charge in [0.15, 0.2) is 18.1 Å². The minimum Gasteiger partial charge on any atom is -0.493 e. The monoisotopic (exact) mass is 430 g/mol. The van der Waals surface area contributed by atoms with Crippen molar-refractivity contribution in [2.75, 3.05) is 13.7 Å². The van der Waals surface area contributed by atoms with Crippen LogP contribution in [0.5, 0.6) is 11.5 Å². The van der Waals surface area contributed by atoms with E-state index in [1.54, 1.807) is 36.4 Å². The van der Waals surface area contributed by atoms with Crippen LogP contribution in [0, 0.1) is 5.82 Å². The van der Waals surface area contributed by atoms with Crippen molar-refractivity contribution in [2.45, 2.75) is 52.2 Å².